The fraction of sp³-hybridized carbons (Fsp3) is 0.182. The Morgan fingerprint density at radius 2 is 2.29 bits per heavy atom. The number of hydrogen-bond acceptors (Lipinski definition) is 3. The summed E-state index contributed by atoms with van der Waals surface area (Å²) in [6.07, 6.45) is 0.402. The lowest BCUT2D eigenvalue weighted by atomic mass is 10.1. The molecule has 1 heterocycles. The third-order valence-electron chi connectivity index (χ3n) is 2.20. The number of halogens is 2. The van der Waals surface area contributed by atoms with Gasteiger partial charge in [0.1, 0.15) is 11.6 Å². The van der Waals surface area contributed by atoms with Gasteiger partial charge in [-0.2, -0.15) is 10.4 Å². The number of nitriles is 1. The van der Waals surface area contributed by atoms with Crippen molar-refractivity contribution >= 4 is 11.6 Å². The van der Waals surface area contributed by atoms with E-state index in [4.69, 9.17) is 16.9 Å². The predicted molar refractivity (Wildman–Crippen MR) is 59.9 cm³/mol. The number of benzene rings is 1. The third-order valence-corrected chi connectivity index (χ3v) is 2.50. The summed E-state index contributed by atoms with van der Waals surface area (Å²) in [7, 11) is 0. The van der Waals surface area contributed by atoms with E-state index < -0.39 is 5.82 Å². The second-order valence-electron chi connectivity index (χ2n) is 3.42. The Hall–Kier alpha value is -1.93. The lowest BCUT2D eigenvalue weighted by Gasteiger charge is -2.01. The molecule has 0 aliphatic heterocycles. The van der Waals surface area contributed by atoms with Gasteiger partial charge in [-0.1, -0.05) is 23.7 Å². The number of nitrogens with one attached hydrogen (secondary N) is 1. The van der Waals surface area contributed by atoms with E-state index in [1.165, 1.54) is 6.07 Å². The molecule has 1 aromatic heterocycles. The second-order valence-corrected chi connectivity index (χ2v) is 3.83. The molecule has 0 aliphatic rings. The molecule has 0 fully saturated rings. The highest BCUT2D eigenvalue weighted by Crippen LogP contribution is 2.19. The van der Waals surface area contributed by atoms with Gasteiger partial charge in [0.05, 0.1) is 17.5 Å². The Kier molecular flexibility index (Phi) is 3.35. The van der Waals surface area contributed by atoms with Crippen molar-refractivity contribution in [1.29, 1.82) is 5.26 Å². The number of H-pyrrole nitrogens is 1. The summed E-state index contributed by atoms with van der Waals surface area (Å²) in [5.74, 6) is 0.466. The lowest BCUT2D eigenvalue weighted by molar-refractivity contribution is 0.612. The van der Waals surface area contributed by atoms with Gasteiger partial charge in [0.25, 0.3) is 0 Å². The van der Waals surface area contributed by atoms with Crippen LogP contribution in [0.2, 0.25) is 5.02 Å². The minimum absolute atomic E-state index is 0.0827. The summed E-state index contributed by atoms with van der Waals surface area (Å²) in [4.78, 5) is 4.07. The highest BCUT2D eigenvalue weighted by Gasteiger charge is 2.09. The first-order valence-electron chi connectivity index (χ1n) is 4.90. The number of aromatic amines is 1. The first kappa shape index (κ1) is 11.6. The van der Waals surface area contributed by atoms with E-state index in [0.717, 1.165) is 0 Å². The van der Waals surface area contributed by atoms with E-state index in [0.29, 0.717) is 17.2 Å². The van der Waals surface area contributed by atoms with Crippen LogP contribution in [0.5, 0.6) is 0 Å². The Bertz CT molecular complexity index is 573. The summed E-state index contributed by atoms with van der Waals surface area (Å²) in [5.41, 5.74) is 0.442. The Morgan fingerprint density at radius 3 is 3.06 bits per heavy atom. The Labute approximate surface area is 102 Å². The third kappa shape index (κ3) is 2.60. The van der Waals surface area contributed by atoms with E-state index in [1.54, 1.807) is 12.1 Å². The fourth-order valence-corrected chi connectivity index (χ4v) is 1.62. The van der Waals surface area contributed by atoms with Crippen molar-refractivity contribution in [2.75, 3.05) is 0 Å². The van der Waals surface area contributed by atoms with E-state index in [9.17, 15) is 4.39 Å². The van der Waals surface area contributed by atoms with Crippen LogP contribution in [0.25, 0.3) is 0 Å². The average Bonchev–Trinajstić information content (AvgIpc) is 2.73. The maximum Gasteiger partial charge on any atom is 0.164 e. The summed E-state index contributed by atoms with van der Waals surface area (Å²) >= 11 is 5.67. The van der Waals surface area contributed by atoms with Crippen LogP contribution in [-0.4, -0.2) is 15.2 Å². The molecular formula is C11H8ClFN4. The zero-order valence-corrected chi connectivity index (χ0v) is 9.50. The van der Waals surface area contributed by atoms with Crippen molar-refractivity contribution in [2.45, 2.75) is 12.8 Å². The smallest absolute Gasteiger partial charge is 0.164 e. The molecule has 2 rings (SSSR count). The highest BCUT2D eigenvalue weighted by atomic mass is 35.5. The Balaban J connectivity index is 2.20. The molecule has 1 N–H and O–H groups in total. The van der Waals surface area contributed by atoms with Gasteiger partial charge < -0.3 is 0 Å². The molecule has 0 spiro atoms. The van der Waals surface area contributed by atoms with Crippen LogP contribution in [0, 0.1) is 17.1 Å². The largest absolute Gasteiger partial charge is 0.263 e. The van der Waals surface area contributed by atoms with E-state index in [-0.39, 0.29) is 17.9 Å². The van der Waals surface area contributed by atoms with Crippen molar-refractivity contribution < 1.29 is 4.39 Å². The molecule has 0 radical (unpaired) electrons. The normalized spacial score (nSPS) is 10.2. The van der Waals surface area contributed by atoms with Crippen LogP contribution in [0.1, 0.15) is 17.2 Å². The quantitative estimate of drug-likeness (QED) is 0.909. The lowest BCUT2D eigenvalue weighted by Crippen LogP contribution is -1.95. The molecule has 0 unspecified atom stereocenters. The molecule has 0 amide bonds. The maximum absolute atomic E-state index is 13.6. The van der Waals surface area contributed by atoms with Gasteiger partial charge in [0.2, 0.25) is 0 Å². The van der Waals surface area contributed by atoms with Gasteiger partial charge in [0.15, 0.2) is 5.82 Å². The molecule has 6 heteroatoms. The summed E-state index contributed by atoms with van der Waals surface area (Å²) in [5, 5.41) is 15.1. The molecule has 17 heavy (non-hydrogen) atoms. The monoisotopic (exact) mass is 250 g/mol. The first-order chi connectivity index (χ1) is 8.20. The number of nitrogens with zero attached hydrogens (tertiary/aromatic N) is 3. The van der Waals surface area contributed by atoms with Crippen LogP contribution in [-0.2, 0) is 12.8 Å². The molecular weight excluding hydrogens is 243 g/mol. The molecule has 2 aromatic rings. The summed E-state index contributed by atoms with van der Waals surface area (Å²) in [6.45, 7) is 0. The predicted octanol–water partition coefficient (Wildman–Crippen LogP) is 2.25. The van der Waals surface area contributed by atoms with E-state index >= 15 is 0 Å². The van der Waals surface area contributed by atoms with Crippen LogP contribution in [0.15, 0.2) is 18.2 Å². The van der Waals surface area contributed by atoms with Gasteiger partial charge in [-0.3, -0.25) is 5.10 Å². The van der Waals surface area contributed by atoms with Crippen molar-refractivity contribution in [2.24, 2.45) is 0 Å². The van der Waals surface area contributed by atoms with Crippen LogP contribution in [0.4, 0.5) is 4.39 Å². The molecule has 0 bridgehead atoms. The van der Waals surface area contributed by atoms with Crippen LogP contribution in [0.3, 0.4) is 0 Å². The van der Waals surface area contributed by atoms with Crippen LogP contribution < -0.4 is 0 Å². The average molecular weight is 251 g/mol. The first-order valence-corrected chi connectivity index (χ1v) is 5.28. The van der Waals surface area contributed by atoms with Gasteiger partial charge >= 0.3 is 0 Å². The zero-order valence-electron chi connectivity index (χ0n) is 8.74. The minimum Gasteiger partial charge on any atom is -0.263 e. The summed E-state index contributed by atoms with van der Waals surface area (Å²) in [6, 6.07) is 6.74. The second kappa shape index (κ2) is 4.93. The molecule has 86 valence electrons. The molecule has 0 saturated carbocycles. The summed E-state index contributed by atoms with van der Waals surface area (Å²) < 4.78 is 13.6. The SMILES string of the molecule is N#CCc1n[nH]c(Cc2cccc(Cl)c2F)n1. The van der Waals surface area contributed by atoms with Crippen molar-refractivity contribution in [3.8, 4) is 6.07 Å². The van der Waals surface area contributed by atoms with Crippen LogP contribution >= 0.6 is 11.6 Å². The number of aromatic nitrogens is 3. The van der Waals surface area contributed by atoms with E-state index in [2.05, 4.69) is 15.2 Å². The molecule has 0 aliphatic carbocycles. The van der Waals surface area contributed by atoms with Gasteiger partial charge in [-0.05, 0) is 11.6 Å². The zero-order chi connectivity index (χ0) is 12.3. The molecule has 4 nitrogen and oxygen atoms in total. The molecule has 0 saturated heterocycles. The van der Waals surface area contributed by atoms with Crippen molar-refractivity contribution in [3.63, 3.8) is 0 Å². The Morgan fingerprint density at radius 1 is 1.47 bits per heavy atom. The molecule has 1 aromatic carbocycles. The van der Waals surface area contributed by atoms with Gasteiger partial charge in [0, 0.05) is 6.42 Å². The van der Waals surface area contributed by atoms with E-state index in [1.807, 2.05) is 6.07 Å². The van der Waals surface area contributed by atoms with Gasteiger partial charge in [-0.15, -0.1) is 0 Å². The van der Waals surface area contributed by atoms with Crippen molar-refractivity contribution in [3.05, 3.63) is 46.3 Å². The topological polar surface area (TPSA) is 65.4 Å². The number of rotatable bonds is 3. The number of hydrogen-bond donors (Lipinski definition) is 1. The maximum atomic E-state index is 13.6. The van der Waals surface area contributed by atoms with Crippen molar-refractivity contribution in [1.82, 2.24) is 15.2 Å². The fourth-order valence-electron chi connectivity index (χ4n) is 1.43. The standard InChI is InChI=1S/C11H8ClFN4/c12-8-3-1-2-7(11(8)13)6-10-15-9(4-5-14)16-17-10/h1-3H,4,6H2,(H,15,16,17). The minimum atomic E-state index is -0.451. The molecule has 0 atom stereocenters. The van der Waals surface area contributed by atoms with Gasteiger partial charge in [-0.25, -0.2) is 9.37 Å². The highest BCUT2D eigenvalue weighted by molar-refractivity contribution is 6.30.